The Balaban J connectivity index is 2.13. The lowest BCUT2D eigenvalue weighted by Crippen LogP contribution is -2.54. The Morgan fingerprint density at radius 2 is 1.80 bits per heavy atom. The van der Waals surface area contributed by atoms with Gasteiger partial charge in [0, 0.05) is 29.4 Å². The SMILES string of the molecule is CC[C@@]1(C)CC(=O)C2=C(C1)C(=O)C[C@H]1[C@](C)(C(=O)OC)CCC[C@]21C. The van der Waals surface area contributed by atoms with Crippen molar-refractivity contribution in [2.75, 3.05) is 7.11 Å². The zero-order chi connectivity index (χ0) is 18.6. The lowest BCUT2D eigenvalue weighted by molar-refractivity contribution is -0.164. The van der Waals surface area contributed by atoms with Gasteiger partial charge in [0.15, 0.2) is 11.6 Å². The minimum absolute atomic E-state index is 0.0715. The molecule has 0 N–H and O–H groups in total. The third-order valence-corrected chi connectivity index (χ3v) is 7.50. The fraction of sp³-hybridized carbons (Fsp3) is 0.762. The van der Waals surface area contributed by atoms with Crippen LogP contribution in [0.2, 0.25) is 0 Å². The number of fused-ring (bicyclic) bond motifs is 2. The Morgan fingerprint density at radius 1 is 1.12 bits per heavy atom. The van der Waals surface area contributed by atoms with E-state index in [0.717, 1.165) is 36.8 Å². The fourth-order valence-electron chi connectivity index (χ4n) is 5.78. The molecule has 0 amide bonds. The molecule has 4 atom stereocenters. The van der Waals surface area contributed by atoms with E-state index >= 15 is 0 Å². The van der Waals surface area contributed by atoms with Gasteiger partial charge in [-0.3, -0.25) is 14.4 Å². The number of hydrogen-bond donors (Lipinski definition) is 0. The molecular formula is C21H30O4. The monoisotopic (exact) mass is 346 g/mol. The number of esters is 1. The summed E-state index contributed by atoms with van der Waals surface area (Å²) in [6.45, 7) is 8.22. The molecule has 0 aliphatic heterocycles. The van der Waals surface area contributed by atoms with E-state index in [9.17, 15) is 14.4 Å². The van der Waals surface area contributed by atoms with E-state index in [0.29, 0.717) is 19.3 Å². The first kappa shape index (κ1) is 18.3. The van der Waals surface area contributed by atoms with Crippen LogP contribution in [0.3, 0.4) is 0 Å². The number of ketones is 2. The van der Waals surface area contributed by atoms with E-state index < -0.39 is 10.8 Å². The molecule has 138 valence electrons. The molecule has 0 unspecified atom stereocenters. The Bertz CT molecular complexity index is 675. The van der Waals surface area contributed by atoms with Crippen molar-refractivity contribution in [2.24, 2.45) is 22.2 Å². The predicted octanol–water partition coefficient (Wildman–Crippen LogP) is 4.02. The van der Waals surface area contributed by atoms with Gasteiger partial charge in [-0.2, -0.15) is 0 Å². The topological polar surface area (TPSA) is 60.4 Å². The highest BCUT2D eigenvalue weighted by Gasteiger charge is 2.60. The van der Waals surface area contributed by atoms with Crippen molar-refractivity contribution >= 4 is 17.5 Å². The van der Waals surface area contributed by atoms with Gasteiger partial charge in [0.25, 0.3) is 0 Å². The lowest BCUT2D eigenvalue weighted by Gasteiger charge is -2.55. The maximum absolute atomic E-state index is 13.1. The zero-order valence-corrected chi connectivity index (χ0v) is 16.2. The molecule has 0 aromatic rings. The molecule has 0 aromatic heterocycles. The summed E-state index contributed by atoms with van der Waals surface area (Å²) in [5.74, 6) is -0.202. The van der Waals surface area contributed by atoms with Gasteiger partial charge in [-0.15, -0.1) is 0 Å². The van der Waals surface area contributed by atoms with Crippen LogP contribution in [-0.2, 0) is 19.1 Å². The maximum atomic E-state index is 13.1. The Morgan fingerprint density at radius 3 is 2.40 bits per heavy atom. The summed E-state index contributed by atoms with van der Waals surface area (Å²) >= 11 is 0. The quantitative estimate of drug-likeness (QED) is 0.709. The average Bonchev–Trinajstić information content (AvgIpc) is 2.55. The summed E-state index contributed by atoms with van der Waals surface area (Å²) in [5.41, 5.74) is 0.302. The first-order chi connectivity index (χ1) is 11.6. The first-order valence-corrected chi connectivity index (χ1v) is 9.50. The van der Waals surface area contributed by atoms with Crippen LogP contribution < -0.4 is 0 Å². The van der Waals surface area contributed by atoms with Gasteiger partial charge < -0.3 is 4.74 Å². The molecular weight excluding hydrogens is 316 g/mol. The standard InChI is InChI=1S/C21H30O4/c1-6-19(2)11-13-14(22)10-16-20(3,17(13)15(23)12-19)8-7-9-21(16,4)18(24)25-5/h16H,6-12H2,1-5H3/t16-,19-,20+,21-/m1/s1. The van der Waals surface area contributed by atoms with Gasteiger partial charge in [0.05, 0.1) is 12.5 Å². The third-order valence-electron chi connectivity index (χ3n) is 7.50. The summed E-state index contributed by atoms with van der Waals surface area (Å²) in [6, 6.07) is 0. The van der Waals surface area contributed by atoms with Gasteiger partial charge in [-0.1, -0.05) is 27.2 Å². The molecule has 0 radical (unpaired) electrons. The highest BCUT2D eigenvalue weighted by atomic mass is 16.5. The minimum atomic E-state index is -0.693. The minimum Gasteiger partial charge on any atom is -0.469 e. The van der Waals surface area contributed by atoms with Gasteiger partial charge in [-0.25, -0.2) is 0 Å². The molecule has 0 bridgehead atoms. The van der Waals surface area contributed by atoms with Gasteiger partial charge in [0.2, 0.25) is 0 Å². The van der Waals surface area contributed by atoms with Crippen LogP contribution in [0.25, 0.3) is 0 Å². The van der Waals surface area contributed by atoms with Crippen LogP contribution in [0.4, 0.5) is 0 Å². The summed E-state index contributed by atoms with van der Waals surface area (Å²) in [6.07, 6.45) is 4.91. The summed E-state index contributed by atoms with van der Waals surface area (Å²) in [5, 5.41) is 0. The van der Waals surface area contributed by atoms with Gasteiger partial charge >= 0.3 is 5.97 Å². The number of methoxy groups -OCH3 is 1. The van der Waals surface area contributed by atoms with Crippen molar-refractivity contribution < 1.29 is 19.1 Å². The molecule has 0 heterocycles. The Hall–Kier alpha value is -1.45. The fourth-order valence-corrected chi connectivity index (χ4v) is 5.78. The van der Waals surface area contributed by atoms with E-state index in [1.807, 2.05) is 6.92 Å². The number of ether oxygens (including phenoxy) is 1. The van der Waals surface area contributed by atoms with Crippen LogP contribution >= 0.6 is 0 Å². The van der Waals surface area contributed by atoms with Crippen molar-refractivity contribution in [2.45, 2.75) is 72.6 Å². The number of Topliss-reactive ketones (excluding diaryl/α,β-unsaturated/α-hetero) is 2. The highest BCUT2D eigenvalue weighted by molar-refractivity contribution is 6.10. The van der Waals surface area contributed by atoms with Gasteiger partial charge in [-0.05, 0) is 43.9 Å². The summed E-state index contributed by atoms with van der Waals surface area (Å²) in [4.78, 5) is 38.7. The van der Waals surface area contributed by atoms with Crippen molar-refractivity contribution in [3.63, 3.8) is 0 Å². The van der Waals surface area contributed by atoms with E-state index in [4.69, 9.17) is 4.74 Å². The number of rotatable bonds is 2. The first-order valence-electron chi connectivity index (χ1n) is 9.50. The zero-order valence-electron chi connectivity index (χ0n) is 16.2. The van der Waals surface area contributed by atoms with E-state index in [2.05, 4.69) is 20.8 Å². The summed E-state index contributed by atoms with van der Waals surface area (Å²) < 4.78 is 5.08. The van der Waals surface area contributed by atoms with E-state index in [1.54, 1.807) is 0 Å². The van der Waals surface area contributed by atoms with Crippen molar-refractivity contribution in [1.29, 1.82) is 0 Å². The molecule has 1 fully saturated rings. The maximum Gasteiger partial charge on any atom is 0.311 e. The van der Waals surface area contributed by atoms with Crippen LogP contribution in [0.1, 0.15) is 72.6 Å². The molecule has 1 saturated carbocycles. The van der Waals surface area contributed by atoms with Crippen LogP contribution in [0.15, 0.2) is 11.1 Å². The van der Waals surface area contributed by atoms with E-state index in [-0.39, 0.29) is 28.9 Å². The second kappa shape index (κ2) is 5.78. The second-order valence-corrected chi connectivity index (χ2v) is 9.15. The Labute approximate surface area is 150 Å². The number of carbonyl (C=O) groups excluding carboxylic acids is 3. The number of hydrogen-bond acceptors (Lipinski definition) is 4. The third kappa shape index (κ3) is 2.51. The molecule has 0 aromatic carbocycles. The highest BCUT2D eigenvalue weighted by Crippen LogP contribution is 2.62. The van der Waals surface area contributed by atoms with Crippen molar-refractivity contribution in [3.05, 3.63) is 11.1 Å². The molecule has 3 rings (SSSR count). The average molecular weight is 346 g/mol. The molecule has 25 heavy (non-hydrogen) atoms. The van der Waals surface area contributed by atoms with E-state index in [1.165, 1.54) is 7.11 Å². The van der Waals surface area contributed by atoms with Gasteiger partial charge in [0.1, 0.15) is 0 Å². The molecule has 3 aliphatic carbocycles. The van der Waals surface area contributed by atoms with Crippen molar-refractivity contribution in [1.82, 2.24) is 0 Å². The van der Waals surface area contributed by atoms with Crippen LogP contribution in [-0.4, -0.2) is 24.6 Å². The van der Waals surface area contributed by atoms with Crippen molar-refractivity contribution in [3.8, 4) is 0 Å². The lowest BCUT2D eigenvalue weighted by atomic mass is 9.47. The largest absolute Gasteiger partial charge is 0.469 e. The molecule has 4 nitrogen and oxygen atoms in total. The number of allylic oxidation sites excluding steroid dienone is 2. The summed E-state index contributed by atoms with van der Waals surface area (Å²) in [7, 11) is 1.41. The molecule has 3 aliphatic rings. The Kier molecular flexibility index (Phi) is 4.24. The molecule has 0 saturated heterocycles. The van der Waals surface area contributed by atoms with Crippen LogP contribution in [0, 0.1) is 22.2 Å². The second-order valence-electron chi connectivity index (χ2n) is 9.15. The predicted molar refractivity (Wildman–Crippen MR) is 94.9 cm³/mol. The molecule has 4 heteroatoms. The number of carbonyl (C=O) groups is 3. The normalized spacial score (nSPS) is 41.2. The molecule has 0 spiro atoms. The smallest absolute Gasteiger partial charge is 0.311 e. The van der Waals surface area contributed by atoms with Crippen LogP contribution in [0.5, 0.6) is 0 Å².